The monoisotopic (exact) mass is 529 g/mol. The summed E-state index contributed by atoms with van der Waals surface area (Å²) in [7, 11) is 0. The summed E-state index contributed by atoms with van der Waals surface area (Å²) in [6, 6.07) is 30.5. The molecule has 0 amide bonds. The number of hydrogen-bond donors (Lipinski definition) is 0. The number of rotatable bonds is 5. The molecule has 0 radical (unpaired) electrons. The van der Waals surface area contributed by atoms with Crippen molar-refractivity contribution in [2.24, 2.45) is 21.7 Å². The van der Waals surface area contributed by atoms with Crippen LogP contribution in [0.5, 0.6) is 0 Å². The van der Waals surface area contributed by atoms with Crippen molar-refractivity contribution in [1.82, 2.24) is 0 Å². The maximum Gasteiger partial charge on any atom is 0.176 e. The summed E-state index contributed by atoms with van der Waals surface area (Å²) in [5, 5.41) is 0. The summed E-state index contributed by atoms with van der Waals surface area (Å²) < 4.78 is 0. The minimum Gasteiger partial charge on any atom is -0.369 e. The van der Waals surface area contributed by atoms with Crippen molar-refractivity contribution < 1.29 is 0 Å². The van der Waals surface area contributed by atoms with E-state index in [1.165, 1.54) is 42.1 Å². The molecule has 0 aromatic heterocycles. The molecule has 3 aliphatic heterocycles. The SMILES string of the molecule is CC1(C)CB(c2cccc(C3(c4cccc(B5CC(C)(C)C(C)(C)C5)c4)CN(c4ccccc4)C3)c2)CC1(C)C. The normalized spacial score (nSPS) is 23.8. The molecule has 3 heteroatoms. The third kappa shape index (κ3) is 4.47. The van der Waals surface area contributed by atoms with E-state index in [-0.39, 0.29) is 5.41 Å². The van der Waals surface area contributed by atoms with Crippen molar-refractivity contribution in [3.63, 3.8) is 0 Å². The first-order valence-corrected chi connectivity index (χ1v) is 15.7. The van der Waals surface area contributed by atoms with Crippen molar-refractivity contribution in [1.29, 1.82) is 0 Å². The summed E-state index contributed by atoms with van der Waals surface area (Å²) >= 11 is 0. The van der Waals surface area contributed by atoms with Crippen LogP contribution in [0.2, 0.25) is 25.3 Å². The molecule has 0 bridgehead atoms. The van der Waals surface area contributed by atoms with Crippen LogP contribution < -0.4 is 15.8 Å². The molecule has 0 unspecified atom stereocenters. The average molecular weight is 529 g/mol. The molecule has 40 heavy (non-hydrogen) atoms. The van der Waals surface area contributed by atoms with Crippen LogP contribution in [0.15, 0.2) is 78.9 Å². The fourth-order valence-electron chi connectivity index (χ4n) is 8.32. The first-order valence-electron chi connectivity index (χ1n) is 15.7. The number of nitrogens with zero attached hydrogens (tertiary/aromatic N) is 1. The zero-order valence-corrected chi connectivity index (χ0v) is 26.4. The molecule has 0 aliphatic carbocycles. The third-order valence-corrected chi connectivity index (χ3v) is 12.6. The highest BCUT2D eigenvalue weighted by Gasteiger charge is 2.51. The minimum absolute atomic E-state index is 0.0230. The van der Waals surface area contributed by atoms with Gasteiger partial charge in [0.1, 0.15) is 0 Å². The number of benzene rings is 3. The van der Waals surface area contributed by atoms with Gasteiger partial charge in [-0.05, 0) is 44.9 Å². The van der Waals surface area contributed by atoms with Crippen LogP contribution in [-0.4, -0.2) is 26.5 Å². The van der Waals surface area contributed by atoms with E-state index in [2.05, 4.69) is 139 Å². The van der Waals surface area contributed by atoms with Crippen LogP contribution in [0, 0.1) is 21.7 Å². The lowest BCUT2D eigenvalue weighted by atomic mass is 9.41. The molecule has 3 aliphatic rings. The highest BCUT2D eigenvalue weighted by Crippen LogP contribution is 2.54. The molecule has 208 valence electrons. The first-order chi connectivity index (χ1) is 18.7. The lowest BCUT2D eigenvalue weighted by Crippen LogP contribution is -2.60. The van der Waals surface area contributed by atoms with Crippen LogP contribution in [-0.2, 0) is 5.41 Å². The zero-order valence-electron chi connectivity index (χ0n) is 26.4. The van der Waals surface area contributed by atoms with Crippen LogP contribution >= 0.6 is 0 Å². The van der Waals surface area contributed by atoms with E-state index in [9.17, 15) is 0 Å². The second-order valence-corrected chi connectivity index (χ2v) is 16.3. The Bertz CT molecular complexity index is 1270. The molecule has 3 aromatic rings. The lowest BCUT2D eigenvalue weighted by molar-refractivity contribution is 0.177. The van der Waals surface area contributed by atoms with Crippen LogP contribution in [0.3, 0.4) is 0 Å². The Hall–Kier alpha value is -2.41. The van der Waals surface area contributed by atoms with Gasteiger partial charge in [0, 0.05) is 18.8 Å². The standard InChI is InChI=1S/C37H49B2N/c1-33(2)22-38(23-34(33,3)4)30-16-12-14-28(20-30)37(26-40(27-37)32-18-10-9-11-19-32)29-15-13-17-31(21-29)39-24-35(5,6)36(7,8)25-39/h9-21H,22-27H2,1-8H3. The third-order valence-electron chi connectivity index (χ3n) is 12.6. The number of para-hydroxylation sites is 1. The van der Waals surface area contributed by atoms with Crippen molar-refractivity contribution in [2.45, 2.75) is 86.1 Å². The maximum absolute atomic E-state index is 2.60. The molecule has 0 spiro atoms. The van der Waals surface area contributed by atoms with Gasteiger partial charge in [-0.1, -0.05) is 158 Å². The molecule has 0 N–H and O–H groups in total. The number of anilines is 1. The predicted octanol–water partition coefficient (Wildman–Crippen LogP) is 8.03. The Labute approximate surface area is 245 Å². The fourth-order valence-corrected chi connectivity index (χ4v) is 8.32. The van der Waals surface area contributed by atoms with Gasteiger partial charge in [-0.3, -0.25) is 0 Å². The summed E-state index contributed by atoms with van der Waals surface area (Å²) in [6.07, 6.45) is 5.09. The Morgan fingerprint density at radius 2 is 0.900 bits per heavy atom. The second-order valence-electron chi connectivity index (χ2n) is 16.3. The largest absolute Gasteiger partial charge is 0.369 e. The van der Waals surface area contributed by atoms with E-state index in [0.717, 1.165) is 13.1 Å². The predicted molar refractivity (Wildman–Crippen MR) is 177 cm³/mol. The van der Waals surface area contributed by atoms with E-state index >= 15 is 0 Å². The summed E-state index contributed by atoms with van der Waals surface area (Å²) in [6.45, 7) is 23.1. The molecule has 3 heterocycles. The van der Waals surface area contributed by atoms with Crippen molar-refractivity contribution in [2.75, 3.05) is 18.0 Å². The van der Waals surface area contributed by atoms with Gasteiger partial charge in [-0.15, -0.1) is 0 Å². The molecule has 6 rings (SSSR count). The quantitative estimate of drug-likeness (QED) is 0.303. The van der Waals surface area contributed by atoms with Gasteiger partial charge in [-0.2, -0.15) is 0 Å². The van der Waals surface area contributed by atoms with Crippen molar-refractivity contribution in [3.8, 4) is 0 Å². The van der Waals surface area contributed by atoms with Gasteiger partial charge in [0.05, 0.1) is 5.41 Å². The van der Waals surface area contributed by atoms with Gasteiger partial charge in [-0.25, -0.2) is 0 Å². The topological polar surface area (TPSA) is 3.24 Å². The van der Waals surface area contributed by atoms with Gasteiger partial charge in [0.15, 0.2) is 13.4 Å². The summed E-state index contributed by atoms with van der Waals surface area (Å²) in [5.74, 6) is 0. The molecule has 3 aromatic carbocycles. The Balaban J connectivity index is 1.38. The Morgan fingerprint density at radius 3 is 1.30 bits per heavy atom. The van der Waals surface area contributed by atoms with E-state index in [1.54, 1.807) is 10.9 Å². The van der Waals surface area contributed by atoms with E-state index in [1.807, 2.05) is 0 Å². The summed E-state index contributed by atoms with van der Waals surface area (Å²) in [4.78, 5) is 2.57. The first kappa shape index (κ1) is 27.7. The molecule has 3 saturated heterocycles. The Morgan fingerprint density at radius 1 is 0.500 bits per heavy atom. The minimum atomic E-state index is 0.0230. The molecule has 0 saturated carbocycles. The van der Waals surface area contributed by atoms with Crippen molar-refractivity contribution in [3.05, 3.63) is 90.0 Å². The Kier molecular flexibility index (Phi) is 6.45. The van der Waals surface area contributed by atoms with E-state index < -0.39 is 0 Å². The van der Waals surface area contributed by atoms with Crippen LogP contribution in [0.1, 0.15) is 66.5 Å². The smallest absolute Gasteiger partial charge is 0.176 e. The van der Waals surface area contributed by atoms with Crippen LogP contribution in [0.25, 0.3) is 0 Å². The molecular formula is C37H49B2N. The zero-order chi connectivity index (χ0) is 28.6. The van der Waals surface area contributed by atoms with E-state index in [4.69, 9.17) is 0 Å². The van der Waals surface area contributed by atoms with E-state index in [0.29, 0.717) is 35.1 Å². The lowest BCUT2D eigenvalue weighted by Gasteiger charge is -2.52. The average Bonchev–Trinajstić information content (AvgIpc) is 3.24. The fraction of sp³-hybridized carbons (Fsp3) is 0.514. The molecular weight excluding hydrogens is 480 g/mol. The van der Waals surface area contributed by atoms with Gasteiger partial charge >= 0.3 is 0 Å². The van der Waals surface area contributed by atoms with Gasteiger partial charge in [0.25, 0.3) is 0 Å². The highest BCUT2D eigenvalue weighted by molar-refractivity contribution is 6.74. The highest BCUT2D eigenvalue weighted by atomic mass is 15.2. The van der Waals surface area contributed by atoms with Gasteiger partial charge < -0.3 is 4.90 Å². The second kappa shape index (κ2) is 9.30. The molecule has 1 nitrogen and oxygen atoms in total. The molecule has 0 atom stereocenters. The maximum atomic E-state index is 2.60. The summed E-state index contributed by atoms with van der Waals surface area (Å²) in [5.41, 5.74) is 8.92. The van der Waals surface area contributed by atoms with Crippen LogP contribution in [0.4, 0.5) is 5.69 Å². The van der Waals surface area contributed by atoms with Gasteiger partial charge in [0.2, 0.25) is 0 Å². The number of hydrogen-bond acceptors (Lipinski definition) is 1. The molecule has 3 fully saturated rings. The van der Waals surface area contributed by atoms with Crippen molar-refractivity contribution >= 4 is 30.0 Å².